The van der Waals surface area contributed by atoms with Crippen LogP contribution in [0.25, 0.3) is 0 Å². The fourth-order valence-electron chi connectivity index (χ4n) is 8.52. The van der Waals surface area contributed by atoms with Crippen LogP contribution in [0, 0.1) is 6.92 Å². The number of aryl methyl sites for hydroxylation is 1. The van der Waals surface area contributed by atoms with E-state index in [9.17, 15) is 0 Å². The van der Waals surface area contributed by atoms with Gasteiger partial charge < -0.3 is 9.80 Å². The van der Waals surface area contributed by atoms with Gasteiger partial charge in [0.05, 0.1) is 0 Å². The Kier molecular flexibility index (Phi) is 8.61. The van der Waals surface area contributed by atoms with Crippen LogP contribution in [0.1, 0.15) is 115 Å². The summed E-state index contributed by atoms with van der Waals surface area (Å²) in [5.74, 6) is 2.50. The molecular weight excluding hydrogens is 458 g/mol. The lowest BCUT2D eigenvalue weighted by Gasteiger charge is -2.57. The van der Waals surface area contributed by atoms with Gasteiger partial charge in [-0.15, -0.1) is 0 Å². The monoisotopic (exact) mass is 515 g/mol. The Morgan fingerprint density at radius 1 is 0.595 bits per heavy atom. The SMILES string of the molecule is CCN(c1nc(C)nc(N(CC)C2CC(C)(C)N(CC)C(C)(C)C2)n1)C1CC(C)(C)N(CC)C(C)(C)C1. The van der Waals surface area contributed by atoms with E-state index >= 15 is 0 Å². The van der Waals surface area contributed by atoms with Gasteiger partial charge in [0.15, 0.2) is 0 Å². The van der Waals surface area contributed by atoms with Crippen molar-refractivity contribution in [3.8, 4) is 0 Å². The Morgan fingerprint density at radius 2 is 0.892 bits per heavy atom. The Balaban J connectivity index is 1.96. The summed E-state index contributed by atoms with van der Waals surface area (Å²) in [6.07, 6.45) is 4.42. The smallest absolute Gasteiger partial charge is 0.230 e. The molecule has 2 aliphatic heterocycles. The van der Waals surface area contributed by atoms with Crippen LogP contribution in [0.5, 0.6) is 0 Å². The number of nitrogens with zero attached hydrogens (tertiary/aromatic N) is 7. The lowest BCUT2D eigenvalue weighted by molar-refractivity contribution is -0.0315. The number of hydrogen-bond acceptors (Lipinski definition) is 7. The highest BCUT2D eigenvalue weighted by Crippen LogP contribution is 2.42. The molecule has 7 nitrogen and oxygen atoms in total. The van der Waals surface area contributed by atoms with E-state index in [1.807, 2.05) is 6.92 Å². The predicted octanol–water partition coefficient (Wildman–Crippen LogP) is 5.92. The van der Waals surface area contributed by atoms with Crippen molar-refractivity contribution in [2.75, 3.05) is 36.0 Å². The standard InChI is InChI=1S/C30H57N7/c1-14-34(23-18-27(6,7)36(16-3)28(8,9)19-23)25-31-22(5)32-26(33-25)35(15-2)24-20-29(10,11)37(17-4)30(12,13)21-24/h23-24H,14-21H2,1-13H3. The van der Waals surface area contributed by atoms with Crippen molar-refractivity contribution < 1.29 is 0 Å². The molecule has 0 spiro atoms. The third-order valence-corrected chi connectivity index (χ3v) is 9.30. The first-order valence-electron chi connectivity index (χ1n) is 14.8. The van der Waals surface area contributed by atoms with Crippen LogP contribution in [0.3, 0.4) is 0 Å². The third kappa shape index (κ3) is 5.93. The van der Waals surface area contributed by atoms with E-state index in [0.717, 1.165) is 69.6 Å². The van der Waals surface area contributed by atoms with E-state index in [1.165, 1.54) is 0 Å². The summed E-state index contributed by atoms with van der Waals surface area (Å²) in [6, 6.07) is 0.793. The molecule has 0 N–H and O–H groups in total. The maximum atomic E-state index is 5.20. The van der Waals surface area contributed by atoms with Gasteiger partial charge in [0.25, 0.3) is 0 Å². The fourth-order valence-corrected chi connectivity index (χ4v) is 8.52. The maximum Gasteiger partial charge on any atom is 0.230 e. The highest BCUT2D eigenvalue weighted by molar-refractivity contribution is 5.42. The first-order chi connectivity index (χ1) is 17.0. The minimum Gasteiger partial charge on any atom is -0.338 e. The van der Waals surface area contributed by atoms with Gasteiger partial charge in [0.2, 0.25) is 11.9 Å². The first-order valence-corrected chi connectivity index (χ1v) is 14.8. The maximum absolute atomic E-state index is 5.20. The van der Waals surface area contributed by atoms with Gasteiger partial charge in [0, 0.05) is 47.3 Å². The minimum atomic E-state index is 0.124. The molecule has 2 fully saturated rings. The summed E-state index contributed by atoms with van der Waals surface area (Å²) < 4.78 is 0. The second-order valence-electron chi connectivity index (χ2n) is 13.9. The van der Waals surface area contributed by atoms with Crippen LogP contribution in [-0.2, 0) is 0 Å². The van der Waals surface area contributed by atoms with Crippen molar-refractivity contribution in [2.24, 2.45) is 0 Å². The van der Waals surface area contributed by atoms with Gasteiger partial charge in [-0.3, -0.25) is 9.80 Å². The molecule has 37 heavy (non-hydrogen) atoms. The van der Waals surface area contributed by atoms with Crippen LogP contribution < -0.4 is 9.80 Å². The van der Waals surface area contributed by atoms with E-state index in [4.69, 9.17) is 15.0 Å². The van der Waals surface area contributed by atoms with E-state index in [0.29, 0.717) is 12.1 Å². The molecular formula is C30H57N7. The molecule has 0 amide bonds. The average molecular weight is 516 g/mol. The van der Waals surface area contributed by atoms with E-state index in [2.05, 4.69) is 103 Å². The van der Waals surface area contributed by atoms with Crippen LogP contribution in [0.2, 0.25) is 0 Å². The molecule has 7 heteroatoms. The molecule has 0 saturated carbocycles. The lowest BCUT2D eigenvalue weighted by Crippen LogP contribution is -2.64. The molecule has 0 aromatic carbocycles. The molecule has 1 aromatic heterocycles. The highest BCUT2D eigenvalue weighted by Gasteiger charge is 2.47. The zero-order valence-corrected chi connectivity index (χ0v) is 26.4. The number of likely N-dealkylation sites (tertiary alicyclic amines) is 2. The van der Waals surface area contributed by atoms with Gasteiger partial charge in [-0.25, -0.2) is 0 Å². The predicted molar refractivity (Wildman–Crippen MR) is 158 cm³/mol. The van der Waals surface area contributed by atoms with Gasteiger partial charge in [-0.1, -0.05) is 13.8 Å². The second-order valence-corrected chi connectivity index (χ2v) is 13.9. The lowest BCUT2D eigenvalue weighted by atomic mass is 9.76. The molecule has 0 atom stereocenters. The van der Waals surface area contributed by atoms with Crippen molar-refractivity contribution >= 4 is 11.9 Å². The summed E-state index contributed by atoms with van der Waals surface area (Å²) in [5, 5.41) is 0. The summed E-state index contributed by atoms with van der Waals surface area (Å²) in [7, 11) is 0. The van der Waals surface area contributed by atoms with E-state index in [-0.39, 0.29) is 22.2 Å². The van der Waals surface area contributed by atoms with Crippen LogP contribution in [-0.4, -0.2) is 85.2 Å². The molecule has 3 heterocycles. The summed E-state index contributed by atoms with van der Waals surface area (Å²) >= 11 is 0. The van der Waals surface area contributed by atoms with Crippen molar-refractivity contribution in [2.45, 2.75) is 150 Å². The Morgan fingerprint density at radius 3 is 1.14 bits per heavy atom. The number of piperidine rings is 2. The summed E-state index contributed by atoms with van der Waals surface area (Å²) in [4.78, 5) is 25.3. The zero-order chi connectivity index (χ0) is 28.0. The molecule has 0 radical (unpaired) electrons. The average Bonchev–Trinajstić information content (AvgIpc) is 2.71. The van der Waals surface area contributed by atoms with Gasteiger partial charge in [0.1, 0.15) is 5.82 Å². The highest BCUT2D eigenvalue weighted by atomic mass is 15.4. The largest absolute Gasteiger partial charge is 0.338 e. The van der Waals surface area contributed by atoms with Crippen molar-refractivity contribution in [3.63, 3.8) is 0 Å². The third-order valence-electron chi connectivity index (χ3n) is 9.30. The molecule has 2 aliphatic rings. The molecule has 3 rings (SSSR count). The van der Waals surface area contributed by atoms with Gasteiger partial charge in [-0.05, 0) is 115 Å². The van der Waals surface area contributed by atoms with Gasteiger partial charge in [-0.2, -0.15) is 15.0 Å². The molecule has 2 saturated heterocycles. The van der Waals surface area contributed by atoms with Crippen molar-refractivity contribution in [1.29, 1.82) is 0 Å². The molecule has 0 aliphatic carbocycles. The molecule has 0 bridgehead atoms. The zero-order valence-electron chi connectivity index (χ0n) is 26.4. The number of anilines is 2. The Hall–Kier alpha value is -1.47. The second kappa shape index (κ2) is 10.6. The van der Waals surface area contributed by atoms with Crippen LogP contribution in [0.4, 0.5) is 11.9 Å². The van der Waals surface area contributed by atoms with Crippen LogP contribution in [0.15, 0.2) is 0 Å². The van der Waals surface area contributed by atoms with Crippen LogP contribution >= 0.6 is 0 Å². The molecule has 212 valence electrons. The quantitative estimate of drug-likeness (QED) is 0.426. The van der Waals surface area contributed by atoms with Crippen molar-refractivity contribution in [1.82, 2.24) is 24.8 Å². The summed E-state index contributed by atoms with van der Waals surface area (Å²) in [6.45, 7) is 34.2. The Labute approximate surface area is 228 Å². The van der Waals surface area contributed by atoms with E-state index < -0.39 is 0 Å². The Bertz CT molecular complexity index is 816. The van der Waals surface area contributed by atoms with Crippen molar-refractivity contribution in [3.05, 3.63) is 5.82 Å². The summed E-state index contributed by atoms with van der Waals surface area (Å²) in [5.41, 5.74) is 0.497. The topological polar surface area (TPSA) is 51.6 Å². The molecule has 0 unspecified atom stereocenters. The molecule has 1 aromatic rings. The van der Waals surface area contributed by atoms with Gasteiger partial charge >= 0.3 is 0 Å². The van der Waals surface area contributed by atoms with E-state index in [1.54, 1.807) is 0 Å². The number of hydrogen-bond donors (Lipinski definition) is 0. The number of aromatic nitrogens is 3. The normalized spacial score (nSPS) is 24.2. The fraction of sp³-hybridized carbons (Fsp3) is 0.900. The first kappa shape index (κ1) is 30.1. The number of rotatable bonds is 8. The minimum absolute atomic E-state index is 0.124.